The number of carboxylic acid groups (broad SMARTS) is 1. The summed E-state index contributed by atoms with van der Waals surface area (Å²) in [6.07, 6.45) is -10.2. The smallest absolute Gasteiger partial charge is 0.342 e. The number of esters is 9. The SMILES string of the molecule is CC(=O)Oc1ccccc1C(=O)OC(C)CC(=O)OC(C)CC(=O)OC(C)CC(=O)OC(C)CC(=O)OC(C)CC(=O)OC(C)CC(=O)OC(C)CC(=O)OC(C)CC(=O)O. The quantitative estimate of drug-likeness (QED) is 0.0785. The first-order chi connectivity index (χ1) is 28.4. The number of hydrogen-bond donors (Lipinski definition) is 1. The highest BCUT2D eigenvalue weighted by molar-refractivity contribution is 5.93. The lowest BCUT2D eigenvalue weighted by Gasteiger charge is -2.19. The zero-order valence-electron chi connectivity index (χ0n) is 35.8. The Morgan fingerprint density at radius 1 is 0.410 bits per heavy atom. The van der Waals surface area contributed by atoms with Crippen LogP contribution in [-0.2, 0) is 81.0 Å². The molecule has 0 bridgehead atoms. The van der Waals surface area contributed by atoms with Gasteiger partial charge in [-0.05, 0) is 67.5 Å². The van der Waals surface area contributed by atoms with Crippen molar-refractivity contribution >= 4 is 59.7 Å². The molecule has 340 valence electrons. The van der Waals surface area contributed by atoms with Crippen LogP contribution in [-0.4, -0.2) is 114 Å². The van der Waals surface area contributed by atoms with Crippen LogP contribution >= 0.6 is 0 Å². The van der Waals surface area contributed by atoms with Crippen LogP contribution in [0.5, 0.6) is 5.75 Å². The van der Waals surface area contributed by atoms with Crippen molar-refractivity contribution in [3.8, 4) is 5.75 Å². The molecule has 0 saturated heterocycles. The number of benzene rings is 1. The van der Waals surface area contributed by atoms with Crippen molar-refractivity contribution in [2.45, 2.75) is 163 Å². The number of carboxylic acids is 1. The van der Waals surface area contributed by atoms with Crippen molar-refractivity contribution in [3.63, 3.8) is 0 Å². The lowest BCUT2D eigenvalue weighted by molar-refractivity contribution is -0.163. The van der Waals surface area contributed by atoms with Crippen LogP contribution in [0.1, 0.15) is 124 Å². The van der Waals surface area contributed by atoms with E-state index < -0.39 is 109 Å². The summed E-state index contributed by atoms with van der Waals surface area (Å²) in [7, 11) is 0. The standard InChI is InChI=1S/C41H56O20/c1-22(14-33(43)44)53-34(45)15-23(2)54-35(46)16-24(3)55-36(47)17-25(4)56-37(48)18-26(5)57-38(49)19-27(6)58-39(50)20-28(7)59-40(51)21-29(8)60-41(52)31-12-10-11-13-32(31)61-30(9)42/h10-13,22-29H,14-21H2,1-9H3,(H,43,44). The van der Waals surface area contributed by atoms with Gasteiger partial charge < -0.3 is 47.7 Å². The molecular formula is C41H56O20. The second kappa shape index (κ2) is 26.9. The van der Waals surface area contributed by atoms with E-state index in [-0.39, 0.29) is 62.7 Å². The van der Waals surface area contributed by atoms with Gasteiger partial charge >= 0.3 is 59.7 Å². The molecule has 0 aliphatic rings. The summed E-state index contributed by atoms with van der Waals surface area (Å²) in [5, 5.41) is 8.75. The Labute approximate surface area is 353 Å². The van der Waals surface area contributed by atoms with Crippen molar-refractivity contribution in [1.29, 1.82) is 0 Å². The number of para-hydroxylation sites is 1. The summed E-state index contributed by atoms with van der Waals surface area (Å²) in [4.78, 5) is 121. The molecule has 0 radical (unpaired) electrons. The van der Waals surface area contributed by atoms with Crippen LogP contribution < -0.4 is 4.74 Å². The summed E-state index contributed by atoms with van der Waals surface area (Å²) in [5.74, 6) is -8.02. The van der Waals surface area contributed by atoms with Crippen molar-refractivity contribution in [1.82, 2.24) is 0 Å². The molecule has 0 aliphatic heterocycles. The molecule has 0 aliphatic carbocycles. The highest BCUT2D eigenvalue weighted by atomic mass is 16.6. The zero-order chi connectivity index (χ0) is 46.4. The van der Waals surface area contributed by atoms with E-state index in [1.165, 1.54) is 74.4 Å². The summed E-state index contributed by atoms with van der Waals surface area (Å²) in [6, 6.07) is 5.92. The maximum atomic E-state index is 12.6. The molecule has 1 rings (SSSR count). The van der Waals surface area contributed by atoms with Gasteiger partial charge in [0.25, 0.3) is 0 Å². The maximum absolute atomic E-state index is 12.6. The molecule has 0 aromatic heterocycles. The van der Waals surface area contributed by atoms with E-state index in [4.69, 9.17) is 47.7 Å². The van der Waals surface area contributed by atoms with Crippen molar-refractivity contribution < 1.29 is 95.7 Å². The molecule has 20 heteroatoms. The first kappa shape index (κ1) is 52.9. The molecule has 0 spiro atoms. The second-order valence-electron chi connectivity index (χ2n) is 14.4. The Kier molecular flexibility index (Phi) is 23.3. The first-order valence-corrected chi connectivity index (χ1v) is 19.5. The predicted octanol–water partition coefficient (Wildman–Crippen LogP) is 3.88. The number of rotatable bonds is 26. The highest BCUT2D eigenvalue weighted by Gasteiger charge is 2.26. The lowest BCUT2D eigenvalue weighted by Crippen LogP contribution is -2.28. The minimum absolute atomic E-state index is 0.00171. The van der Waals surface area contributed by atoms with E-state index in [2.05, 4.69) is 0 Å². The van der Waals surface area contributed by atoms with Crippen LogP contribution in [0.3, 0.4) is 0 Å². The molecule has 0 saturated carbocycles. The molecule has 1 aromatic carbocycles. The topological polar surface area (TPSA) is 274 Å². The van der Waals surface area contributed by atoms with Gasteiger partial charge in [0.15, 0.2) is 0 Å². The summed E-state index contributed by atoms with van der Waals surface area (Å²) in [5.41, 5.74) is -0.0136. The average molecular weight is 869 g/mol. The van der Waals surface area contributed by atoms with Gasteiger partial charge in [-0.2, -0.15) is 0 Å². The normalized spacial score (nSPS) is 14.7. The fraction of sp³-hybridized carbons (Fsp3) is 0.610. The van der Waals surface area contributed by atoms with Gasteiger partial charge in [0.1, 0.15) is 60.1 Å². The summed E-state index contributed by atoms with van der Waals surface area (Å²) in [6.45, 7) is 12.7. The molecule has 0 fully saturated rings. The second-order valence-corrected chi connectivity index (χ2v) is 14.4. The molecular weight excluding hydrogens is 812 g/mol. The third-order valence-electron chi connectivity index (χ3n) is 7.64. The summed E-state index contributed by atoms with van der Waals surface area (Å²) < 4.78 is 46.4. The molecule has 0 heterocycles. The van der Waals surface area contributed by atoms with E-state index in [1.807, 2.05) is 0 Å². The monoisotopic (exact) mass is 868 g/mol. The average Bonchev–Trinajstić information content (AvgIpc) is 3.06. The van der Waals surface area contributed by atoms with Gasteiger partial charge in [-0.25, -0.2) is 4.79 Å². The van der Waals surface area contributed by atoms with Gasteiger partial charge in [-0.15, -0.1) is 0 Å². The maximum Gasteiger partial charge on any atom is 0.342 e. The Morgan fingerprint density at radius 3 is 0.918 bits per heavy atom. The van der Waals surface area contributed by atoms with E-state index in [1.54, 1.807) is 12.1 Å². The Balaban J connectivity index is 2.36. The molecule has 8 atom stereocenters. The number of aliphatic carboxylic acids is 1. The first-order valence-electron chi connectivity index (χ1n) is 19.5. The van der Waals surface area contributed by atoms with Gasteiger partial charge in [-0.3, -0.25) is 43.2 Å². The number of carbonyl (C=O) groups is 10. The minimum atomic E-state index is -1.14. The Morgan fingerprint density at radius 2 is 0.656 bits per heavy atom. The Bertz CT molecular complexity index is 1700. The van der Waals surface area contributed by atoms with Crippen LogP contribution in [0.25, 0.3) is 0 Å². The lowest BCUT2D eigenvalue weighted by atomic mass is 10.2. The predicted molar refractivity (Wildman–Crippen MR) is 206 cm³/mol. The van der Waals surface area contributed by atoms with E-state index in [0.29, 0.717) is 0 Å². The molecule has 1 N–H and O–H groups in total. The van der Waals surface area contributed by atoms with E-state index >= 15 is 0 Å². The zero-order valence-corrected chi connectivity index (χ0v) is 35.8. The van der Waals surface area contributed by atoms with Gasteiger partial charge in [-0.1, -0.05) is 12.1 Å². The number of ether oxygens (including phenoxy) is 9. The fourth-order valence-corrected chi connectivity index (χ4v) is 5.26. The molecule has 0 amide bonds. The molecule has 61 heavy (non-hydrogen) atoms. The minimum Gasteiger partial charge on any atom is -0.481 e. The molecule has 20 nitrogen and oxygen atoms in total. The summed E-state index contributed by atoms with van der Waals surface area (Å²) >= 11 is 0. The Hall–Kier alpha value is -6.08. The van der Waals surface area contributed by atoms with Gasteiger partial charge in [0, 0.05) is 6.92 Å². The van der Waals surface area contributed by atoms with E-state index in [9.17, 15) is 47.9 Å². The van der Waals surface area contributed by atoms with Crippen molar-refractivity contribution in [2.75, 3.05) is 0 Å². The molecule has 1 aromatic rings. The molecule has 8 unspecified atom stereocenters. The number of carbonyl (C=O) groups excluding carboxylic acids is 9. The third-order valence-corrected chi connectivity index (χ3v) is 7.64. The van der Waals surface area contributed by atoms with Crippen molar-refractivity contribution in [2.24, 2.45) is 0 Å². The van der Waals surface area contributed by atoms with Crippen LogP contribution in [0.2, 0.25) is 0 Å². The van der Waals surface area contributed by atoms with E-state index in [0.717, 1.165) is 0 Å². The highest BCUT2D eigenvalue weighted by Crippen LogP contribution is 2.21. The van der Waals surface area contributed by atoms with Gasteiger partial charge in [0.2, 0.25) is 0 Å². The number of hydrogen-bond acceptors (Lipinski definition) is 19. The largest absolute Gasteiger partial charge is 0.481 e. The van der Waals surface area contributed by atoms with Crippen LogP contribution in [0, 0.1) is 0 Å². The fourth-order valence-electron chi connectivity index (χ4n) is 5.26. The van der Waals surface area contributed by atoms with Crippen molar-refractivity contribution in [3.05, 3.63) is 29.8 Å². The van der Waals surface area contributed by atoms with Crippen LogP contribution in [0.4, 0.5) is 0 Å². The van der Waals surface area contributed by atoms with Gasteiger partial charge in [0.05, 0.1) is 51.4 Å². The van der Waals surface area contributed by atoms with Crippen LogP contribution in [0.15, 0.2) is 24.3 Å². The third kappa shape index (κ3) is 24.6.